The fraction of sp³-hybridized carbons (Fsp3) is 0.217. The number of aryl methyl sites for hydroxylation is 1. The van der Waals surface area contributed by atoms with E-state index < -0.39 is 0 Å². The van der Waals surface area contributed by atoms with Crippen LogP contribution in [-0.4, -0.2) is 38.1 Å². The Bertz CT molecular complexity index is 1270. The SMILES string of the molecule is CCN1C(=O)C(=Cc2c(N(C)Cc3ccccc3)nc3c(C)cccn3c2=O)SC1=S. The number of thioether (sulfide) groups is 1. The third kappa shape index (κ3) is 4.00. The Labute approximate surface area is 190 Å². The van der Waals surface area contributed by atoms with Gasteiger partial charge in [0.15, 0.2) is 0 Å². The van der Waals surface area contributed by atoms with Crippen LogP contribution in [0.1, 0.15) is 23.6 Å². The summed E-state index contributed by atoms with van der Waals surface area (Å²) in [5.41, 5.74) is 2.75. The monoisotopic (exact) mass is 450 g/mol. The van der Waals surface area contributed by atoms with E-state index in [-0.39, 0.29) is 11.5 Å². The molecular weight excluding hydrogens is 428 g/mol. The Morgan fingerprint density at radius 2 is 1.90 bits per heavy atom. The molecule has 8 heteroatoms. The lowest BCUT2D eigenvalue weighted by Crippen LogP contribution is -2.28. The zero-order valence-electron chi connectivity index (χ0n) is 17.5. The van der Waals surface area contributed by atoms with Gasteiger partial charge in [-0.1, -0.05) is 60.4 Å². The van der Waals surface area contributed by atoms with Crippen LogP contribution in [0.5, 0.6) is 0 Å². The Morgan fingerprint density at radius 1 is 1.16 bits per heavy atom. The van der Waals surface area contributed by atoms with Crippen molar-refractivity contribution < 1.29 is 4.79 Å². The van der Waals surface area contributed by atoms with Crippen molar-refractivity contribution in [1.29, 1.82) is 0 Å². The molecule has 0 atom stereocenters. The zero-order chi connectivity index (χ0) is 22.1. The summed E-state index contributed by atoms with van der Waals surface area (Å²) in [6, 6.07) is 13.7. The Kier molecular flexibility index (Phi) is 5.93. The minimum absolute atomic E-state index is 0.178. The summed E-state index contributed by atoms with van der Waals surface area (Å²) in [6.07, 6.45) is 3.34. The summed E-state index contributed by atoms with van der Waals surface area (Å²) >= 11 is 6.54. The molecule has 0 radical (unpaired) electrons. The number of aromatic nitrogens is 2. The van der Waals surface area contributed by atoms with Crippen LogP contribution < -0.4 is 10.5 Å². The lowest BCUT2D eigenvalue weighted by atomic mass is 10.2. The van der Waals surface area contributed by atoms with Gasteiger partial charge in [-0.15, -0.1) is 0 Å². The summed E-state index contributed by atoms with van der Waals surface area (Å²) in [5, 5.41) is 0. The number of thiocarbonyl (C=S) groups is 1. The summed E-state index contributed by atoms with van der Waals surface area (Å²) in [4.78, 5) is 35.0. The van der Waals surface area contributed by atoms with E-state index in [0.29, 0.717) is 39.3 Å². The highest BCUT2D eigenvalue weighted by molar-refractivity contribution is 8.26. The first-order chi connectivity index (χ1) is 14.9. The standard InChI is InChI=1S/C23H22N4O2S2/c1-4-26-22(29)18(31-23(26)30)13-17-20(25(3)14-16-10-6-5-7-11-16)24-19-15(2)9-8-12-27(19)21(17)28/h5-13H,4,14H2,1-3H3. The van der Waals surface area contributed by atoms with Crippen molar-refractivity contribution >= 4 is 51.7 Å². The number of amides is 1. The lowest BCUT2D eigenvalue weighted by Gasteiger charge is -2.21. The largest absolute Gasteiger partial charge is 0.355 e. The summed E-state index contributed by atoms with van der Waals surface area (Å²) in [7, 11) is 1.90. The number of carbonyl (C=O) groups is 1. The molecule has 0 unspecified atom stereocenters. The van der Waals surface area contributed by atoms with E-state index in [4.69, 9.17) is 17.2 Å². The molecule has 31 heavy (non-hydrogen) atoms. The van der Waals surface area contributed by atoms with Crippen LogP contribution in [0.2, 0.25) is 0 Å². The molecule has 1 fully saturated rings. The van der Waals surface area contributed by atoms with Gasteiger partial charge in [-0.3, -0.25) is 18.9 Å². The fourth-order valence-corrected chi connectivity index (χ4v) is 4.92. The van der Waals surface area contributed by atoms with E-state index in [1.165, 1.54) is 21.1 Å². The van der Waals surface area contributed by atoms with Crippen LogP contribution >= 0.6 is 24.0 Å². The van der Waals surface area contributed by atoms with Crippen LogP contribution in [0.15, 0.2) is 58.4 Å². The average molecular weight is 451 g/mol. The summed E-state index contributed by atoms with van der Waals surface area (Å²) in [5.74, 6) is 0.354. The number of nitrogens with zero attached hydrogens (tertiary/aromatic N) is 4. The maximum absolute atomic E-state index is 13.5. The van der Waals surface area contributed by atoms with Crippen LogP contribution in [-0.2, 0) is 11.3 Å². The lowest BCUT2D eigenvalue weighted by molar-refractivity contribution is -0.121. The molecule has 1 aromatic carbocycles. The molecule has 1 aliphatic heterocycles. The van der Waals surface area contributed by atoms with Crippen molar-refractivity contribution in [1.82, 2.24) is 14.3 Å². The summed E-state index contributed by atoms with van der Waals surface area (Å²) < 4.78 is 2.03. The van der Waals surface area contributed by atoms with Gasteiger partial charge in [0, 0.05) is 26.3 Å². The number of fused-ring (bicyclic) bond motifs is 1. The van der Waals surface area contributed by atoms with Crippen molar-refractivity contribution in [3.8, 4) is 0 Å². The topological polar surface area (TPSA) is 57.9 Å². The van der Waals surface area contributed by atoms with E-state index in [1.54, 1.807) is 12.3 Å². The highest BCUT2D eigenvalue weighted by Gasteiger charge is 2.31. The van der Waals surface area contributed by atoms with Crippen molar-refractivity contribution in [2.24, 2.45) is 0 Å². The van der Waals surface area contributed by atoms with Crippen molar-refractivity contribution in [2.75, 3.05) is 18.5 Å². The quantitative estimate of drug-likeness (QED) is 0.435. The second kappa shape index (κ2) is 8.64. The predicted molar refractivity (Wildman–Crippen MR) is 130 cm³/mol. The highest BCUT2D eigenvalue weighted by atomic mass is 32.2. The molecule has 158 valence electrons. The molecule has 3 heterocycles. The minimum atomic E-state index is -0.217. The molecule has 1 amide bonds. The van der Waals surface area contributed by atoms with Gasteiger partial charge in [0.05, 0.1) is 10.5 Å². The molecular formula is C23H22N4O2S2. The molecule has 0 saturated carbocycles. The third-order valence-electron chi connectivity index (χ3n) is 5.15. The van der Waals surface area contributed by atoms with Gasteiger partial charge < -0.3 is 4.90 Å². The van der Waals surface area contributed by atoms with Gasteiger partial charge >= 0.3 is 0 Å². The Morgan fingerprint density at radius 3 is 2.58 bits per heavy atom. The van der Waals surface area contributed by atoms with E-state index in [0.717, 1.165) is 11.1 Å². The van der Waals surface area contributed by atoms with Crippen molar-refractivity contribution in [3.05, 3.63) is 80.6 Å². The molecule has 3 aromatic rings. The number of benzene rings is 1. The first-order valence-electron chi connectivity index (χ1n) is 9.93. The first-order valence-corrected chi connectivity index (χ1v) is 11.2. The molecule has 4 rings (SSSR count). The Balaban J connectivity index is 1.89. The van der Waals surface area contributed by atoms with Crippen LogP contribution in [0.25, 0.3) is 11.7 Å². The Hall–Kier alpha value is -2.97. The molecule has 0 bridgehead atoms. The summed E-state index contributed by atoms with van der Waals surface area (Å²) in [6.45, 7) is 4.87. The maximum atomic E-state index is 13.5. The van der Waals surface area contributed by atoms with E-state index in [9.17, 15) is 9.59 Å². The highest BCUT2D eigenvalue weighted by Crippen LogP contribution is 2.33. The smallest absolute Gasteiger partial charge is 0.267 e. The second-order valence-electron chi connectivity index (χ2n) is 7.31. The molecule has 6 nitrogen and oxygen atoms in total. The van der Waals surface area contributed by atoms with Gasteiger partial charge in [0.25, 0.3) is 11.5 Å². The maximum Gasteiger partial charge on any atom is 0.267 e. The van der Waals surface area contributed by atoms with Gasteiger partial charge in [0.2, 0.25) is 0 Å². The number of hydrogen-bond acceptors (Lipinski definition) is 6. The number of hydrogen-bond donors (Lipinski definition) is 0. The minimum Gasteiger partial charge on any atom is -0.355 e. The predicted octanol–water partition coefficient (Wildman–Crippen LogP) is 3.86. The van der Waals surface area contributed by atoms with Gasteiger partial charge in [0.1, 0.15) is 15.8 Å². The van der Waals surface area contributed by atoms with Crippen LogP contribution in [0, 0.1) is 6.92 Å². The van der Waals surface area contributed by atoms with Gasteiger partial charge in [-0.25, -0.2) is 4.98 Å². The number of anilines is 1. The molecule has 1 aliphatic rings. The molecule has 2 aromatic heterocycles. The van der Waals surface area contributed by atoms with E-state index in [2.05, 4.69) is 0 Å². The third-order valence-corrected chi connectivity index (χ3v) is 6.53. The van der Waals surface area contributed by atoms with Crippen molar-refractivity contribution in [3.63, 3.8) is 0 Å². The number of pyridine rings is 1. The number of rotatable bonds is 5. The van der Waals surface area contributed by atoms with Crippen LogP contribution in [0.3, 0.4) is 0 Å². The molecule has 1 saturated heterocycles. The van der Waals surface area contributed by atoms with E-state index in [1.807, 2.05) is 68.3 Å². The van der Waals surface area contributed by atoms with Gasteiger partial charge in [-0.05, 0) is 37.1 Å². The van der Waals surface area contributed by atoms with Crippen LogP contribution in [0.4, 0.5) is 5.82 Å². The fourth-order valence-electron chi connectivity index (χ4n) is 3.55. The normalized spacial score (nSPS) is 15.3. The zero-order valence-corrected chi connectivity index (χ0v) is 19.2. The van der Waals surface area contributed by atoms with Crippen molar-refractivity contribution in [2.45, 2.75) is 20.4 Å². The second-order valence-corrected chi connectivity index (χ2v) is 8.98. The molecule has 0 spiro atoms. The average Bonchev–Trinajstić information content (AvgIpc) is 3.03. The number of likely N-dealkylation sites (N-methyl/N-ethyl adjacent to an activating group) is 1. The van der Waals surface area contributed by atoms with E-state index >= 15 is 0 Å². The number of carbonyl (C=O) groups excluding carboxylic acids is 1. The first kappa shape index (κ1) is 21.3. The van der Waals surface area contributed by atoms with Gasteiger partial charge in [-0.2, -0.15) is 0 Å². The molecule has 0 aliphatic carbocycles. The molecule has 0 N–H and O–H groups in total.